The van der Waals surface area contributed by atoms with Crippen molar-refractivity contribution in [1.29, 1.82) is 0 Å². The average Bonchev–Trinajstić information content (AvgIpc) is 2.96. The van der Waals surface area contributed by atoms with E-state index in [2.05, 4.69) is 20.7 Å². The largest absolute Gasteiger partial charge is 0.477 e. The maximum absolute atomic E-state index is 12.3. The number of halogens is 1. The Morgan fingerprint density at radius 2 is 2.10 bits per heavy atom. The van der Waals surface area contributed by atoms with Crippen LogP contribution in [-0.4, -0.2) is 25.5 Å². The van der Waals surface area contributed by atoms with Gasteiger partial charge in [-0.1, -0.05) is 12.8 Å². The number of sulfonamides is 1. The summed E-state index contributed by atoms with van der Waals surface area (Å²) >= 11 is 4.04. The normalized spacial score (nSPS) is 18.3. The van der Waals surface area contributed by atoms with Crippen LogP contribution in [0.2, 0.25) is 0 Å². The van der Waals surface area contributed by atoms with Gasteiger partial charge in [0.25, 0.3) is 0 Å². The maximum atomic E-state index is 12.3. The molecule has 0 aliphatic heterocycles. The number of hydrogen-bond donors (Lipinski definition) is 2. The molecule has 0 spiro atoms. The third-order valence-corrected chi connectivity index (χ3v) is 7.40. The predicted octanol–water partition coefficient (Wildman–Crippen LogP) is 3.07. The summed E-state index contributed by atoms with van der Waals surface area (Å²) in [6.45, 7) is 1.87. The molecule has 2 N–H and O–H groups in total. The van der Waals surface area contributed by atoms with Crippen molar-refractivity contribution in [2.24, 2.45) is 5.92 Å². The van der Waals surface area contributed by atoms with E-state index in [4.69, 9.17) is 5.11 Å². The Bertz CT molecular complexity index is 605. The molecule has 1 aromatic heterocycles. The fourth-order valence-corrected chi connectivity index (χ4v) is 6.22. The molecule has 1 heterocycles. The Hall–Kier alpha value is -0.440. The highest BCUT2D eigenvalue weighted by Gasteiger charge is 2.29. The molecular weight excluding hydrogens is 366 g/mol. The molecule has 1 unspecified atom stereocenters. The molecule has 112 valence electrons. The zero-order valence-electron chi connectivity index (χ0n) is 10.9. The van der Waals surface area contributed by atoms with Gasteiger partial charge in [-0.3, -0.25) is 0 Å². The standard InChI is InChI=1S/C12H16BrNO4S2/c1-7(8-4-2-3-5-8)14-20(17,18)10-6-9(12(15)16)19-11(10)13/h6-8,14H,2-5H2,1H3,(H,15,16). The molecule has 1 aromatic rings. The van der Waals surface area contributed by atoms with E-state index in [0.29, 0.717) is 9.70 Å². The first kappa shape index (κ1) is 15.9. The van der Waals surface area contributed by atoms with E-state index in [1.807, 2.05) is 6.92 Å². The third-order valence-electron chi connectivity index (χ3n) is 3.60. The molecule has 1 fully saturated rings. The monoisotopic (exact) mass is 381 g/mol. The Kier molecular flexibility index (Phi) is 4.88. The molecule has 5 nitrogen and oxygen atoms in total. The molecule has 0 bridgehead atoms. The first-order chi connectivity index (χ1) is 9.31. The predicted molar refractivity (Wildman–Crippen MR) is 80.7 cm³/mol. The van der Waals surface area contributed by atoms with Crippen LogP contribution in [0.15, 0.2) is 14.7 Å². The second-order valence-electron chi connectivity index (χ2n) is 5.01. The van der Waals surface area contributed by atoms with Crippen molar-refractivity contribution in [3.05, 3.63) is 14.7 Å². The average molecular weight is 382 g/mol. The van der Waals surface area contributed by atoms with Crippen LogP contribution >= 0.6 is 27.3 Å². The van der Waals surface area contributed by atoms with Gasteiger partial charge in [0.1, 0.15) is 9.77 Å². The third kappa shape index (κ3) is 3.41. The van der Waals surface area contributed by atoms with Crippen molar-refractivity contribution < 1.29 is 18.3 Å². The molecule has 8 heteroatoms. The van der Waals surface area contributed by atoms with Crippen LogP contribution < -0.4 is 4.72 Å². The van der Waals surface area contributed by atoms with Gasteiger partial charge in [0.2, 0.25) is 10.0 Å². The van der Waals surface area contributed by atoms with Gasteiger partial charge in [-0.05, 0) is 47.7 Å². The second kappa shape index (κ2) is 6.13. The minimum atomic E-state index is -3.69. The smallest absolute Gasteiger partial charge is 0.345 e. The van der Waals surface area contributed by atoms with Crippen molar-refractivity contribution in [2.45, 2.75) is 43.5 Å². The summed E-state index contributed by atoms with van der Waals surface area (Å²) in [6, 6.07) is 1.06. The lowest BCUT2D eigenvalue weighted by Crippen LogP contribution is -2.37. The van der Waals surface area contributed by atoms with Crippen molar-refractivity contribution in [1.82, 2.24) is 4.72 Å². The van der Waals surface area contributed by atoms with Crippen LogP contribution in [0.3, 0.4) is 0 Å². The molecule has 0 amide bonds. The molecule has 0 radical (unpaired) electrons. The lowest BCUT2D eigenvalue weighted by Gasteiger charge is -2.20. The number of thiophene rings is 1. The van der Waals surface area contributed by atoms with Crippen molar-refractivity contribution in [3.63, 3.8) is 0 Å². The molecular formula is C12H16BrNO4S2. The van der Waals surface area contributed by atoms with E-state index < -0.39 is 16.0 Å². The quantitative estimate of drug-likeness (QED) is 0.820. The van der Waals surface area contributed by atoms with Gasteiger partial charge in [0, 0.05) is 6.04 Å². The molecule has 2 rings (SSSR count). The number of carboxylic acids is 1. The van der Waals surface area contributed by atoms with Crippen LogP contribution in [0.1, 0.15) is 42.3 Å². The van der Waals surface area contributed by atoms with Crippen molar-refractivity contribution >= 4 is 43.3 Å². The van der Waals surface area contributed by atoms with Gasteiger partial charge in [-0.15, -0.1) is 11.3 Å². The number of nitrogens with one attached hydrogen (secondary N) is 1. The summed E-state index contributed by atoms with van der Waals surface area (Å²) in [7, 11) is -3.69. The molecule has 1 saturated carbocycles. The molecule has 1 aliphatic carbocycles. The number of carboxylic acid groups (broad SMARTS) is 1. The molecule has 0 aromatic carbocycles. The summed E-state index contributed by atoms with van der Waals surface area (Å²) in [4.78, 5) is 10.9. The van der Waals surface area contributed by atoms with Gasteiger partial charge in [-0.2, -0.15) is 0 Å². The van der Waals surface area contributed by atoms with E-state index in [1.165, 1.54) is 6.07 Å². The lowest BCUT2D eigenvalue weighted by molar-refractivity contribution is 0.0702. The van der Waals surface area contributed by atoms with Crippen LogP contribution in [-0.2, 0) is 10.0 Å². The topological polar surface area (TPSA) is 83.5 Å². The molecule has 1 atom stereocenters. The molecule has 20 heavy (non-hydrogen) atoms. The van der Waals surface area contributed by atoms with E-state index >= 15 is 0 Å². The minimum Gasteiger partial charge on any atom is -0.477 e. The SMILES string of the molecule is CC(NS(=O)(=O)c1cc(C(=O)O)sc1Br)C1CCCC1. The van der Waals surface area contributed by atoms with Crippen LogP contribution in [0.4, 0.5) is 0 Å². The highest BCUT2D eigenvalue weighted by molar-refractivity contribution is 9.11. The first-order valence-corrected chi connectivity index (χ1v) is 9.45. The van der Waals surface area contributed by atoms with E-state index in [-0.39, 0.29) is 15.8 Å². The lowest BCUT2D eigenvalue weighted by atomic mass is 10.0. The summed E-state index contributed by atoms with van der Waals surface area (Å²) in [5, 5.41) is 8.92. The van der Waals surface area contributed by atoms with Gasteiger partial charge in [0.15, 0.2) is 0 Å². The van der Waals surface area contributed by atoms with Gasteiger partial charge >= 0.3 is 5.97 Å². The zero-order chi connectivity index (χ0) is 14.9. The Balaban J connectivity index is 2.19. The Labute approximate surface area is 130 Å². The summed E-state index contributed by atoms with van der Waals surface area (Å²) in [6.07, 6.45) is 4.35. The number of aromatic carboxylic acids is 1. The minimum absolute atomic E-state index is 0.00440. The Morgan fingerprint density at radius 1 is 1.50 bits per heavy atom. The van der Waals surface area contributed by atoms with Crippen LogP contribution in [0.5, 0.6) is 0 Å². The zero-order valence-corrected chi connectivity index (χ0v) is 14.1. The molecule has 1 aliphatic rings. The van der Waals surface area contributed by atoms with E-state index in [0.717, 1.165) is 37.0 Å². The van der Waals surface area contributed by atoms with E-state index in [9.17, 15) is 13.2 Å². The second-order valence-corrected chi connectivity index (χ2v) is 9.06. The summed E-state index contributed by atoms with van der Waals surface area (Å²) in [5.41, 5.74) is 0. The van der Waals surface area contributed by atoms with Gasteiger partial charge in [-0.25, -0.2) is 17.9 Å². The summed E-state index contributed by atoms with van der Waals surface area (Å²) in [5.74, 6) is -0.762. The van der Waals surface area contributed by atoms with Gasteiger partial charge in [0.05, 0.1) is 3.79 Å². The molecule has 0 saturated heterocycles. The Morgan fingerprint density at radius 3 is 2.60 bits per heavy atom. The van der Waals surface area contributed by atoms with Gasteiger partial charge < -0.3 is 5.11 Å². The summed E-state index contributed by atoms with van der Waals surface area (Å²) < 4.78 is 27.6. The van der Waals surface area contributed by atoms with Crippen molar-refractivity contribution in [2.75, 3.05) is 0 Å². The highest BCUT2D eigenvalue weighted by Crippen LogP contribution is 2.33. The number of hydrogen-bond acceptors (Lipinski definition) is 4. The number of carbonyl (C=O) groups is 1. The van der Waals surface area contributed by atoms with Crippen LogP contribution in [0, 0.1) is 5.92 Å². The maximum Gasteiger partial charge on any atom is 0.345 e. The fourth-order valence-electron chi connectivity index (χ4n) is 2.50. The van der Waals surface area contributed by atoms with Crippen molar-refractivity contribution in [3.8, 4) is 0 Å². The first-order valence-electron chi connectivity index (χ1n) is 6.36. The highest BCUT2D eigenvalue weighted by atomic mass is 79.9. The van der Waals surface area contributed by atoms with E-state index in [1.54, 1.807) is 0 Å². The van der Waals surface area contributed by atoms with Crippen LogP contribution in [0.25, 0.3) is 0 Å². The fraction of sp³-hybridized carbons (Fsp3) is 0.583. The number of rotatable bonds is 5.